The van der Waals surface area contributed by atoms with E-state index in [1.165, 1.54) is 12.4 Å². The van der Waals surface area contributed by atoms with Gasteiger partial charge in [-0.15, -0.1) is 0 Å². The quantitative estimate of drug-likeness (QED) is 0.573. The summed E-state index contributed by atoms with van der Waals surface area (Å²) in [6.07, 6.45) is 2.82. The van der Waals surface area contributed by atoms with Crippen LogP contribution in [0.25, 0.3) is 0 Å². The van der Waals surface area contributed by atoms with Crippen molar-refractivity contribution in [1.82, 2.24) is 15.3 Å². The third-order valence-corrected chi connectivity index (χ3v) is 3.00. The molecule has 0 aliphatic carbocycles. The van der Waals surface area contributed by atoms with Gasteiger partial charge in [-0.05, 0) is 22.9 Å². The van der Waals surface area contributed by atoms with Crippen LogP contribution < -0.4 is 5.32 Å². The molecule has 0 fully saturated rings. The van der Waals surface area contributed by atoms with E-state index >= 15 is 0 Å². The third-order valence-electron chi connectivity index (χ3n) is 1.97. The molecule has 1 heterocycles. The van der Waals surface area contributed by atoms with Crippen LogP contribution in [-0.2, 0) is 0 Å². The molecule has 0 radical (unpaired) electrons. The zero-order valence-corrected chi connectivity index (χ0v) is 11.5. The number of halogens is 2. The van der Waals surface area contributed by atoms with Gasteiger partial charge in [0.2, 0.25) is 0 Å². The van der Waals surface area contributed by atoms with Crippen LogP contribution in [-0.4, -0.2) is 27.8 Å². The van der Waals surface area contributed by atoms with Crippen LogP contribution in [0.4, 0.5) is 0 Å². The van der Waals surface area contributed by atoms with Crippen LogP contribution in [0.3, 0.4) is 0 Å². The molecule has 1 aromatic heterocycles. The van der Waals surface area contributed by atoms with Gasteiger partial charge in [0.25, 0.3) is 0 Å². The summed E-state index contributed by atoms with van der Waals surface area (Å²) in [4.78, 5) is 7.79. The topological polar surface area (TPSA) is 81.9 Å². The summed E-state index contributed by atoms with van der Waals surface area (Å²) < 4.78 is 0.532. The van der Waals surface area contributed by atoms with E-state index in [2.05, 4.69) is 31.2 Å². The van der Waals surface area contributed by atoms with E-state index in [0.29, 0.717) is 16.7 Å². The Morgan fingerprint density at radius 1 is 1.65 bits per heavy atom. The number of hydrogen-bond acceptors (Lipinski definition) is 5. The second-order valence-corrected chi connectivity index (χ2v) is 4.23. The number of nitrogens with zero attached hydrogens (tertiary/aromatic N) is 2. The van der Waals surface area contributed by atoms with Gasteiger partial charge in [0, 0.05) is 30.7 Å². The second-order valence-electron chi connectivity index (χ2n) is 3.08. The molecule has 1 atom stereocenters. The smallest absolute Gasteiger partial charge is 0.153 e. The fraction of sp³-hybridized carbons (Fsp3) is 0.300. The molecule has 1 unspecified atom stereocenters. The first-order valence-electron chi connectivity index (χ1n) is 4.90. The predicted octanol–water partition coefficient (Wildman–Crippen LogP) is 2.03. The predicted molar refractivity (Wildman–Crippen MR) is 70.4 cm³/mol. The van der Waals surface area contributed by atoms with Gasteiger partial charge in [-0.1, -0.05) is 11.6 Å². The van der Waals surface area contributed by atoms with Gasteiger partial charge in [-0.3, -0.25) is 4.98 Å². The van der Waals surface area contributed by atoms with Crippen LogP contribution in [0.1, 0.15) is 18.7 Å². The number of rotatable bonds is 5. The Kier molecular flexibility index (Phi) is 5.54. The highest BCUT2D eigenvalue weighted by Crippen LogP contribution is 2.26. The lowest BCUT2D eigenvalue weighted by Crippen LogP contribution is -2.15. The minimum Gasteiger partial charge on any atom is -0.382 e. The number of aliphatic hydroxyl groups excluding tert-OH is 1. The molecule has 1 rings (SSSR count). The molecule has 0 bridgehead atoms. The summed E-state index contributed by atoms with van der Waals surface area (Å²) in [6, 6.07) is 0. The Labute approximate surface area is 113 Å². The molecule has 5 nitrogen and oxygen atoms in total. The van der Waals surface area contributed by atoms with E-state index in [4.69, 9.17) is 17.0 Å². The van der Waals surface area contributed by atoms with E-state index in [9.17, 15) is 5.11 Å². The van der Waals surface area contributed by atoms with Gasteiger partial charge in [-0.2, -0.15) is 0 Å². The number of hydrogen-bond donors (Lipinski definition) is 3. The summed E-state index contributed by atoms with van der Waals surface area (Å²) in [5, 5.41) is 20.5. The molecule has 0 aliphatic heterocycles. The maximum absolute atomic E-state index is 10.1. The molecule has 0 amide bonds. The number of nitrogens with one attached hydrogen (secondary N) is 2. The first-order valence-corrected chi connectivity index (χ1v) is 6.07. The van der Waals surface area contributed by atoms with Gasteiger partial charge >= 0.3 is 0 Å². The average Bonchev–Trinajstić information content (AvgIpc) is 2.30. The van der Waals surface area contributed by atoms with Crippen LogP contribution in [0.5, 0.6) is 0 Å². The van der Waals surface area contributed by atoms with Crippen molar-refractivity contribution >= 4 is 33.7 Å². The van der Waals surface area contributed by atoms with Crippen LogP contribution in [0.15, 0.2) is 22.6 Å². The fourth-order valence-corrected chi connectivity index (χ4v) is 2.00. The van der Waals surface area contributed by atoms with E-state index in [1.807, 2.05) is 6.92 Å². The molecule has 0 aliphatic rings. The lowest BCUT2D eigenvalue weighted by molar-refractivity contribution is 0.216. The molecule has 7 heteroatoms. The molecule has 3 N–H and O–H groups in total. The highest BCUT2D eigenvalue weighted by atomic mass is 79.9. The van der Waals surface area contributed by atoms with Crippen LogP contribution >= 0.6 is 27.5 Å². The van der Waals surface area contributed by atoms with Crippen LogP contribution in [0.2, 0.25) is 5.15 Å². The highest BCUT2D eigenvalue weighted by molar-refractivity contribution is 9.11. The molecular formula is C10H12BrClN4O. The largest absolute Gasteiger partial charge is 0.382 e. The number of aromatic nitrogens is 2. The highest BCUT2D eigenvalue weighted by Gasteiger charge is 2.19. The standard InChI is InChI=1S/C10H12BrClN4O/c1-2-14-9(11)6(5-13)8(17)7-10(12)16-4-3-15-7/h3-5,8,13-14,17H,2H2,1H3/b9-6+,13-5?. The molecule has 17 heavy (non-hydrogen) atoms. The van der Waals surface area contributed by atoms with Crippen molar-refractivity contribution in [3.8, 4) is 0 Å². The molecular weight excluding hydrogens is 307 g/mol. The lowest BCUT2D eigenvalue weighted by atomic mass is 10.1. The summed E-state index contributed by atoms with van der Waals surface area (Å²) in [7, 11) is 0. The van der Waals surface area contributed by atoms with Crippen molar-refractivity contribution in [3.05, 3.63) is 33.4 Å². The van der Waals surface area contributed by atoms with Gasteiger partial charge in [0.05, 0.1) is 4.61 Å². The van der Waals surface area contributed by atoms with Crippen molar-refractivity contribution in [2.45, 2.75) is 13.0 Å². The summed E-state index contributed by atoms with van der Waals surface area (Å²) in [5.74, 6) is 0. The fourth-order valence-electron chi connectivity index (χ4n) is 1.18. The molecule has 0 aromatic carbocycles. The minimum atomic E-state index is -1.10. The lowest BCUT2D eigenvalue weighted by Gasteiger charge is -2.14. The van der Waals surface area contributed by atoms with Crippen molar-refractivity contribution < 1.29 is 5.11 Å². The second kappa shape index (κ2) is 6.68. The molecule has 0 saturated heterocycles. The van der Waals surface area contributed by atoms with Gasteiger partial charge < -0.3 is 15.8 Å². The Bertz CT molecular complexity index is 438. The summed E-state index contributed by atoms with van der Waals surface area (Å²) >= 11 is 9.09. The molecule has 92 valence electrons. The van der Waals surface area contributed by atoms with Gasteiger partial charge in [-0.25, -0.2) is 4.98 Å². The van der Waals surface area contributed by atoms with E-state index < -0.39 is 6.10 Å². The molecule has 0 spiro atoms. The minimum absolute atomic E-state index is 0.121. The van der Waals surface area contributed by atoms with Crippen molar-refractivity contribution in [1.29, 1.82) is 5.41 Å². The maximum atomic E-state index is 10.1. The Balaban J connectivity index is 3.10. The van der Waals surface area contributed by atoms with Gasteiger partial charge in [0.15, 0.2) is 5.15 Å². The van der Waals surface area contributed by atoms with Crippen molar-refractivity contribution in [2.75, 3.05) is 6.54 Å². The van der Waals surface area contributed by atoms with E-state index in [1.54, 1.807) is 0 Å². The molecule has 0 saturated carbocycles. The Hall–Kier alpha value is -0.980. The SMILES string of the molecule is CCN/C(Br)=C(\C=N)C(O)c1nccnc1Cl. The van der Waals surface area contributed by atoms with Crippen molar-refractivity contribution in [3.63, 3.8) is 0 Å². The average molecular weight is 320 g/mol. The van der Waals surface area contributed by atoms with E-state index in [-0.39, 0.29) is 10.8 Å². The normalized spacial score (nSPS) is 13.9. The monoisotopic (exact) mass is 318 g/mol. The summed E-state index contributed by atoms with van der Waals surface area (Å²) in [5.41, 5.74) is 0.566. The summed E-state index contributed by atoms with van der Waals surface area (Å²) in [6.45, 7) is 2.57. The number of aliphatic hydroxyl groups is 1. The van der Waals surface area contributed by atoms with E-state index in [0.717, 1.165) is 6.21 Å². The maximum Gasteiger partial charge on any atom is 0.153 e. The third kappa shape index (κ3) is 3.49. The molecule has 1 aromatic rings. The zero-order chi connectivity index (χ0) is 12.8. The Morgan fingerprint density at radius 2 is 2.29 bits per heavy atom. The van der Waals surface area contributed by atoms with Gasteiger partial charge in [0.1, 0.15) is 11.8 Å². The Morgan fingerprint density at radius 3 is 2.82 bits per heavy atom. The van der Waals surface area contributed by atoms with Crippen molar-refractivity contribution in [2.24, 2.45) is 0 Å². The van der Waals surface area contributed by atoms with Crippen LogP contribution in [0, 0.1) is 5.41 Å². The zero-order valence-electron chi connectivity index (χ0n) is 9.11. The first-order chi connectivity index (χ1) is 8.11. The first kappa shape index (κ1) is 14.1.